The van der Waals surface area contributed by atoms with Gasteiger partial charge in [0.2, 0.25) is 0 Å². The Morgan fingerprint density at radius 2 is 1.36 bits per heavy atom. The van der Waals surface area contributed by atoms with E-state index in [2.05, 4.69) is 0 Å². The number of aromatic hydroxyl groups is 1. The molecule has 2 nitrogen and oxygen atoms in total. The van der Waals surface area contributed by atoms with Crippen molar-refractivity contribution in [2.24, 2.45) is 0 Å². The number of rotatable bonds is 0. The van der Waals surface area contributed by atoms with Crippen LogP contribution in [0.3, 0.4) is 0 Å². The monoisotopic (exact) mass is 210 g/mol. The molecule has 0 radical (unpaired) electrons. The second kappa shape index (κ2) is 9.77. The number of benzene rings is 1. The predicted molar refractivity (Wildman–Crippen MR) is 60.6 cm³/mol. The zero-order chi connectivity index (χ0) is 10.6. The summed E-state index contributed by atoms with van der Waals surface area (Å²) < 4.78 is 0. The smallest absolute Gasteiger partial charge is 0.115 e. The maximum Gasteiger partial charge on any atom is 0.115 e. The lowest BCUT2D eigenvalue weighted by Gasteiger charge is -1.82. The van der Waals surface area contributed by atoms with Crippen LogP contribution in [0.1, 0.15) is 0 Å². The maximum atomic E-state index is 8.63. The van der Waals surface area contributed by atoms with Gasteiger partial charge in [-0.05, 0) is 22.9 Å². The summed E-state index contributed by atoms with van der Waals surface area (Å²) >= 11 is 1.71. The molecule has 0 saturated carbocycles. The molecule has 0 bridgehead atoms. The van der Waals surface area contributed by atoms with Gasteiger partial charge in [0.05, 0.1) is 0 Å². The van der Waals surface area contributed by atoms with Gasteiger partial charge in [-0.1, -0.05) is 30.3 Å². The first-order chi connectivity index (χ1) is 6.89. The van der Waals surface area contributed by atoms with E-state index < -0.39 is 0 Å². The lowest BCUT2D eigenvalue weighted by atomic mass is 10.3. The van der Waals surface area contributed by atoms with Crippen molar-refractivity contribution in [3.8, 4) is 5.75 Å². The molecule has 1 heterocycles. The number of aliphatic hydroxyl groups excluding tert-OH is 1. The zero-order valence-electron chi connectivity index (χ0n) is 8.00. The number of hydrogen-bond donors (Lipinski definition) is 2. The van der Waals surface area contributed by atoms with E-state index in [0.717, 1.165) is 7.11 Å². The molecule has 0 saturated heterocycles. The first kappa shape index (κ1) is 12.7. The van der Waals surface area contributed by atoms with E-state index in [0.29, 0.717) is 5.75 Å². The molecule has 0 aliphatic carbocycles. The first-order valence-electron chi connectivity index (χ1n) is 4.05. The molecule has 0 aliphatic rings. The lowest BCUT2D eigenvalue weighted by Crippen LogP contribution is -1.56. The van der Waals surface area contributed by atoms with Gasteiger partial charge in [-0.15, -0.1) is 0 Å². The van der Waals surface area contributed by atoms with Crippen LogP contribution < -0.4 is 0 Å². The molecule has 3 heteroatoms. The number of phenolic OH excluding ortho intramolecular Hbond substituents is 1. The molecule has 14 heavy (non-hydrogen) atoms. The van der Waals surface area contributed by atoms with Crippen molar-refractivity contribution < 1.29 is 10.2 Å². The Morgan fingerprint density at radius 3 is 1.57 bits per heavy atom. The molecule has 1 aromatic heterocycles. The summed E-state index contributed by atoms with van der Waals surface area (Å²) in [4.78, 5) is 0. The Bertz CT molecular complexity index is 262. The summed E-state index contributed by atoms with van der Waals surface area (Å²) in [7, 11) is 1.00. The SMILES string of the molecule is CO.Oc1ccccc1.c1ccsc1. The van der Waals surface area contributed by atoms with Crippen molar-refractivity contribution in [1.82, 2.24) is 0 Å². The Hall–Kier alpha value is -1.32. The van der Waals surface area contributed by atoms with Crippen molar-refractivity contribution >= 4 is 11.3 Å². The molecular weight excluding hydrogens is 196 g/mol. The van der Waals surface area contributed by atoms with Gasteiger partial charge in [0.15, 0.2) is 0 Å². The number of para-hydroxylation sites is 1. The summed E-state index contributed by atoms with van der Waals surface area (Å²) in [5, 5.41) is 19.7. The van der Waals surface area contributed by atoms with E-state index in [1.807, 2.05) is 29.0 Å². The molecule has 0 aliphatic heterocycles. The van der Waals surface area contributed by atoms with Gasteiger partial charge >= 0.3 is 0 Å². The highest BCUT2D eigenvalue weighted by atomic mass is 32.1. The van der Waals surface area contributed by atoms with Crippen LogP contribution in [-0.4, -0.2) is 17.3 Å². The molecule has 2 N–H and O–H groups in total. The number of phenols is 1. The number of aliphatic hydroxyl groups is 1. The lowest BCUT2D eigenvalue weighted by molar-refractivity contribution is 0.399. The Kier molecular flexibility index (Phi) is 8.84. The Labute approximate surface area is 88.1 Å². The van der Waals surface area contributed by atoms with Crippen LogP contribution in [0.25, 0.3) is 0 Å². The minimum absolute atomic E-state index is 0.322. The fourth-order valence-electron chi connectivity index (χ4n) is 0.655. The molecule has 0 spiro atoms. The standard InChI is InChI=1S/C6H6O.C4H4S.CH4O/c7-6-4-2-1-3-5-6;1-2-4-5-3-1;1-2/h1-5,7H;1-4H;2H,1H3. The predicted octanol–water partition coefficient (Wildman–Crippen LogP) is 2.75. The van der Waals surface area contributed by atoms with Crippen molar-refractivity contribution in [2.45, 2.75) is 0 Å². The van der Waals surface area contributed by atoms with Crippen LogP contribution in [0, 0.1) is 0 Å². The van der Waals surface area contributed by atoms with Crippen molar-refractivity contribution in [1.29, 1.82) is 0 Å². The molecule has 2 rings (SSSR count). The van der Waals surface area contributed by atoms with Crippen LogP contribution in [0.4, 0.5) is 0 Å². The normalized spacial score (nSPS) is 7.57. The number of thiophene rings is 1. The third-order valence-electron chi connectivity index (χ3n) is 1.18. The third kappa shape index (κ3) is 7.34. The van der Waals surface area contributed by atoms with Gasteiger partial charge in [-0.2, -0.15) is 11.3 Å². The summed E-state index contributed by atoms with van der Waals surface area (Å²) in [5.74, 6) is 0.322. The highest BCUT2D eigenvalue weighted by molar-refractivity contribution is 7.07. The largest absolute Gasteiger partial charge is 0.508 e. The topological polar surface area (TPSA) is 40.5 Å². The molecule has 1 aromatic carbocycles. The van der Waals surface area contributed by atoms with Crippen molar-refractivity contribution in [3.63, 3.8) is 0 Å². The van der Waals surface area contributed by atoms with Crippen molar-refractivity contribution in [2.75, 3.05) is 7.11 Å². The molecular formula is C11H14O2S. The fraction of sp³-hybridized carbons (Fsp3) is 0.0909. The van der Waals surface area contributed by atoms with Gasteiger partial charge in [0, 0.05) is 7.11 Å². The summed E-state index contributed by atoms with van der Waals surface area (Å²) in [6.07, 6.45) is 0. The fourth-order valence-corrected chi connectivity index (χ4v) is 1.11. The van der Waals surface area contributed by atoms with Crippen molar-refractivity contribution in [3.05, 3.63) is 53.2 Å². The van der Waals surface area contributed by atoms with E-state index in [1.165, 1.54) is 0 Å². The van der Waals surface area contributed by atoms with Gasteiger partial charge in [0.1, 0.15) is 5.75 Å². The molecule has 0 atom stereocenters. The van der Waals surface area contributed by atoms with E-state index in [4.69, 9.17) is 10.2 Å². The minimum Gasteiger partial charge on any atom is -0.508 e. The van der Waals surface area contributed by atoms with Crippen LogP contribution in [-0.2, 0) is 0 Å². The molecule has 0 fully saturated rings. The quantitative estimate of drug-likeness (QED) is 0.702. The van der Waals surface area contributed by atoms with Crippen LogP contribution in [0.2, 0.25) is 0 Å². The second-order valence-electron chi connectivity index (χ2n) is 2.13. The van der Waals surface area contributed by atoms with E-state index >= 15 is 0 Å². The average molecular weight is 210 g/mol. The zero-order valence-corrected chi connectivity index (χ0v) is 8.82. The molecule has 0 amide bonds. The highest BCUT2D eigenvalue weighted by Gasteiger charge is 1.74. The van der Waals surface area contributed by atoms with Gasteiger partial charge < -0.3 is 10.2 Å². The Balaban J connectivity index is 0.000000213. The minimum atomic E-state index is 0.322. The van der Waals surface area contributed by atoms with Gasteiger partial charge in [-0.25, -0.2) is 0 Å². The van der Waals surface area contributed by atoms with Gasteiger partial charge in [-0.3, -0.25) is 0 Å². The van der Waals surface area contributed by atoms with E-state index in [-0.39, 0.29) is 0 Å². The number of hydrogen-bond acceptors (Lipinski definition) is 3. The second-order valence-corrected chi connectivity index (χ2v) is 2.95. The van der Waals surface area contributed by atoms with Crippen LogP contribution >= 0.6 is 11.3 Å². The van der Waals surface area contributed by atoms with Crippen LogP contribution in [0.5, 0.6) is 5.75 Å². The average Bonchev–Trinajstić information content (AvgIpc) is 2.80. The summed E-state index contributed by atoms with van der Waals surface area (Å²) in [6, 6.07) is 12.7. The maximum absolute atomic E-state index is 8.63. The van der Waals surface area contributed by atoms with Crippen LogP contribution in [0.15, 0.2) is 53.2 Å². The molecule has 2 aromatic rings. The van der Waals surface area contributed by atoms with Gasteiger partial charge in [0.25, 0.3) is 0 Å². The molecule has 76 valence electrons. The first-order valence-corrected chi connectivity index (χ1v) is 5.00. The van der Waals surface area contributed by atoms with E-state index in [9.17, 15) is 0 Å². The molecule has 0 unspecified atom stereocenters. The Morgan fingerprint density at radius 1 is 0.857 bits per heavy atom. The third-order valence-corrected chi connectivity index (χ3v) is 1.81. The summed E-state index contributed by atoms with van der Waals surface area (Å²) in [6.45, 7) is 0. The summed E-state index contributed by atoms with van der Waals surface area (Å²) in [5.41, 5.74) is 0. The van der Waals surface area contributed by atoms with E-state index in [1.54, 1.807) is 35.6 Å². The highest BCUT2D eigenvalue weighted by Crippen LogP contribution is 2.02.